The van der Waals surface area contributed by atoms with E-state index in [0.717, 1.165) is 10.2 Å². The van der Waals surface area contributed by atoms with Gasteiger partial charge >= 0.3 is 0 Å². The molecule has 18 heavy (non-hydrogen) atoms. The predicted octanol–water partition coefficient (Wildman–Crippen LogP) is 3.77. The van der Waals surface area contributed by atoms with Gasteiger partial charge in [0.2, 0.25) is 0 Å². The summed E-state index contributed by atoms with van der Waals surface area (Å²) in [5, 5.41) is 3.34. The molecule has 3 heteroatoms. The van der Waals surface area contributed by atoms with E-state index < -0.39 is 0 Å². The van der Waals surface area contributed by atoms with Gasteiger partial charge < -0.3 is 10.1 Å². The molecule has 0 spiro atoms. The van der Waals surface area contributed by atoms with Gasteiger partial charge in [-0.25, -0.2) is 0 Å². The molecule has 0 bridgehead atoms. The van der Waals surface area contributed by atoms with Crippen LogP contribution in [-0.4, -0.2) is 14.2 Å². The minimum atomic E-state index is 0.188. The highest BCUT2D eigenvalue weighted by molar-refractivity contribution is 9.10. The van der Waals surface area contributed by atoms with E-state index in [1.54, 1.807) is 7.11 Å². The molecule has 0 saturated heterocycles. The molecule has 2 nitrogen and oxygen atoms in total. The standard InChI is InChI=1S/C15H16BrNO/c1-17-15(11-6-4-3-5-7-11)12-8-9-14(18-2)13(16)10-12/h3-10,15,17H,1-2H3. The average molecular weight is 306 g/mol. The van der Waals surface area contributed by atoms with Gasteiger partial charge in [0, 0.05) is 0 Å². The molecule has 1 atom stereocenters. The van der Waals surface area contributed by atoms with Crippen LogP contribution in [0.5, 0.6) is 5.75 Å². The number of halogens is 1. The molecule has 0 radical (unpaired) electrons. The third-order valence-electron chi connectivity index (χ3n) is 2.93. The van der Waals surface area contributed by atoms with E-state index in [4.69, 9.17) is 4.74 Å². The Morgan fingerprint density at radius 3 is 2.33 bits per heavy atom. The number of nitrogens with one attached hydrogen (secondary N) is 1. The minimum Gasteiger partial charge on any atom is -0.496 e. The van der Waals surface area contributed by atoms with Crippen molar-refractivity contribution >= 4 is 15.9 Å². The van der Waals surface area contributed by atoms with Crippen LogP contribution in [-0.2, 0) is 0 Å². The first-order valence-electron chi connectivity index (χ1n) is 5.82. The zero-order valence-corrected chi connectivity index (χ0v) is 12.1. The fourth-order valence-electron chi connectivity index (χ4n) is 2.03. The Bertz CT molecular complexity index is 513. The van der Waals surface area contributed by atoms with E-state index in [9.17, 15) is 0 Å². The normalized spacial score (nSPS) is 12.2. The summed E-state index contributed by atoms with van der Waals surface area (Å²) in [4.78, 5) is 0. The van der Waals surface area contributed by atoms with Crippen molar-refractivity contribution in [2.75, 3.05) is 14.2 Å². The summed E-state index contributed by atoms with van der Waals surface area (Å²) in [5.41, 5.74) is 2.45. The van der Waals surface area contributed by atoms with Gasteiger partial charge in [0.05, 0.1) is 17.6 Å². The molecule has 1 N–H and O–H groups in total. The molecule has 0 amide bonds. The van der Waals surface area contributed by atoms with Crippen LogP contribution in [0, 0.1) is 0 Å². The number of ether oxygens (including phenoxy) is 1. The van der Waals surface area contributed by atoms with Gasteiger partial charge in [0.25, 0.3) is 0 Å². The number of benzene rings is 2. The molecular weight excluding hydrogens is 290 g/mol. The molecule has 0 aliphatic rings. The lowest BCUT2D eigenvalue weighted by molar-refractivity contribution is 0.412. The highest BCUT2D eigenvalue weighted by atomic mass is 79.9. The van der Waals surface area contributed by atoms with Gasteiger partial charge in [-0.05, 0) is 46.2 Å². The van der Waals surface area contributed by atoms with Crippen molar-refractivity contribution in [1.82, 2.24) is 5.32 Å². The Kier molecular flexibility index (Phi) is 4.39. The second-order valence-corrected chi connectivity index (χ2v) is 4.88. The number of hydrogen-bond donors (Lipinski definition) is 1. The Hall–Kier alpha value is -1.32. The van der Waals surface area contributed by atoms with E-state index in [0.29, 0.717) is 0 Å². The smallest absolute Gasteiger partial charge is 0.133 e. The SMILES string of the molecule is CNC(c1ccccc1)c1ccc(OC)c(Br)c1. The maximum Gasteiger partial charge on any atom is 0.133 e. The second kappa shape index (κ2) is 6.03. The van der Waals surface area contributed by atoms with Gasteiger partial charge in [0.1, 0.15) is 5.75 Å². The predicted molar refractivity (Wildman–Crippen MR) is 78.0 cm³/mol. The van der Waals surface area contributed by atoms with E-state index in [1.165, 1.54) is 11.1 Å². The first-order valence-corrected chi connectivity index (χ1v) is 6.61. The lowest BCUT2D eigenvalue weighted by Gasteiger charge is -2.18. The molecule has 0 aliphatic heterocycles. The maximum absolute atomic E-state index is 5.25. The summed E-state index contributed by atoms with van der Waals surface area (Å²) < 4.78 is 6.22. The maximum atomic E-state index is 5.25. The summed E-state index contributed by atoms with van der Waals surface area (Å²) in [5.74, 6) is 0.849. The van der Waals surface area contributed by atoms with Crippen LogP contribution in [0.15, 0.2) is 53.0 Å². The van der Waals surface area contributed by atoms with Crippen LogP contribution < -0.4 is 10.1 Å². The summed E-state index contributed by atoms with van der Waals surface area (Å²) in [6.07, 6.45) is 0. The van der Waals surface area contributed by atoms with E-state index in [1.807, 2.05) is 19.2 Å². The second-order valence-electron chi connectivity index (χ2n) is 4.03. The topological polar surface area (TPSA) is 21.3 Å². The average Bonchev–Trinajstić information content (AvgIpc) is 2.41. The molecule has 0 aromatic heterocycles. The van der Waals surface area contributed by atoms with Crippen molar-refractivity contribution in [2.24, 2.45) is 0 Å². The van der Waals surface area contributed by atoms with Crippen LogP contribution >= 0.6 is 15.9 Å². The number of methoxy groups -OCH3 is 1. The molecular formula is C15H16BrNO. The lowest BCUT2D eigenvalue weighted by Crippen LogP contribution is -2.17. The Morgan fingerprint density at radius 2 is 1.78 bits per heavy atom. The van der Waals surface area contributed by atoms with Crippen molar-refractivity contribution < 1.29 is 4.74 Å². The van der Waals surface area contributed by atoms with Crippen LogP contribution in [0.3, 0.4) is 0 Å². The lowest BCUT2D eigenvalue weighted by atomic mass is 9.99. The molecule has 0 heterocycles. The van der Waals surface area contributed by atoms with Crippen molar-refractivity contribution in [3.05, 3.63) is 64.1 Å². The van der Waals surface area contributed by atoms with E-state index >= 15 is 0 Å². The fourth-order valence-corrected chi connectivity index (χ4v) is 2.59. The molecule has 2 aromatic carbocycles. The molecule has 2 rings (SSSR count). The molecule has 0 saturated carbocycles. The largest absolute Gasteiger partial charge is 0.496 e. The minimum absolute atomic E-state index is 0.188. The van der Waals surface area contributed by atoms with Crippen LogP contribution in [0.4, 0.5) is 0 Å². The molecule has 0 aliphatic carbocycles. The van der Waals surface area contributed by atoms with Gasteiger partial charge in [0.15, 0.2) is 0 Å². The summed E-state index contributed by atoms with van der Waals surface area (Å²) in [6.45, 7) is 0. The van der Waals surface area contributed by atoms with Crippen molar-refractivity contribution in [1.29, 1.82) is 0 Å². The van der Waals surface area contributed by atoms with Crippen LogP contribution in [0.2, 0.25) is 0 Å². The van der Waals surface area contributed by atoms with Crippen molar-refractivity contribution in [3.8, 4) is 5.75 Å². The fraction of sp³-hybridized carbons (Fsp3) is 0.200. The van der Waals surface area contributed by atoms with E-state index in [-0.39, 0.29) is 6.04 Å². The van der Waals surface area contributed by atoms with E-state index in [2.05, 4.69) is 57.6 Å². The Labute approximate surface area is 116 Å². The third-order valence-corrected chi connectivity index (χ3v) is 3.55. The molecule has 1 unspecified atom stereocenters. The summed E-state index contributed by atoms with van der Waals surface area (Å²) in [7, 11) is 3.64. The third kappa shape index (κ3) is 2.74. The summed E-state index contributed by atoms with van der Waals surface area (Å²) >= 11 is 3.52. The van der Waals surface area contributed by atoms with Crippen molar-refractivity contribution in [3.63, 3.8) is 0 Å². The van der Waals surface area contributed by atoms with Gasteiger partial charge in [-0.1, -0.05) is 36.4 Å². The first-order chi connectivity index (χ1) is 8.76. The zero-order chi connectivity index (χ0) is 13.0. The molecule has 2 aromatic rings. The Morgan fingerprint density at radius 1 is 1.06 bits per heavy atom. The first kappa shape index (κ1) is 13.1. The van der Waals surface area contributed by atoms with Crippen molar-refractivity contribution in [2.45, 2.75) is 6.04 Å². The summed E-state index contributed by atoms with van der Waals surface area (Å²) in [6, 6.07) is 16.7. The number of hydrogen-bond acceptors (Lipinski definition) is 2. The van der Waals surface area contributed by atoms with Gasteiger partial charge in [-0.2, -0.15) is 0 Å². The van der Waals surface area contributed by atoms with Crippen LogP contribution in [0.1, 0.15) is 17.2 Å². The zero-order valence-electron chi connectivity index (χ0n) is 10.5. The Balaban J connectivity index is 2.37. The quantitative estimate of drug-likeness (QED) is 0.928. The number of rotatable bonds is 4. The highest BCUT2D eigenvalue weighted by Gasteiger charge is 2.13. The molecule has 94 valence electrons. The highest BCUT2D eigenvalue weighted by Crippen LogP contribution is 2.30. The molecule has 0 fully saturated rings. The monoisotopic (exact) mass is 305 g/mol. The van der Waals surface area contributed by atoms with Gasteiger partial charge in [-0.15, -0.1) is 0 Å². The van der Waals surface area contributed by atoms with Crippen LogP contribution in [0.25, 0.3) is 0 Å². The van der Waals surface area contributed by atoms with Gasteiger partial charge in [-0.3, -0.25) is 0 Å².